The first-order valence-electron chi connectivity index (χ1n) is 5.65. The summed E-state index contributed by atoms with van der Waals surface area (Å²) in [7, 11) is 0. The topological polar surface area (TPSA) is 37.8 Å². The van der Waals surface area contributed by atoms with Crippen LogP contribution in [-0.4, -0.2) is 9.97 Å². The van der Waals surface area contributed by atoms with Gasteiger partial charge in [0.25, 0.3) is 0 Å². The molecule has 1 N–H and O–H groups in total. The van der Waals surface area contributed by atoms with Crippen molar-refractivity contribution in [3.8, 4) is 0 Å². The van der Waals surface area contributed by atoms with E-state index in [1.165, 1.54) is 9.13 Å². The van der Waals surface area contributed by atoms with Crippen molar-refractivity contribution in [1.82, 2.24) is 9.97 Å². The number of aryl methyl sites for hydroxylation is 1. The van der Waals surface area contributed by atoms with E-state index in [1.807, 2.05) is 19.1 Å². The Hall–Kier alpha value is -0.690. The molecule has 0 saturated heterocycles. The Balaban J connectivity index is 2.34. The first kappa shape index (κ1) is 13.7. The van der Waals surface area contributed by atoms with Gasteiger partial charge in [-0.05, 0) is 63.1 Å². The standard InChI is InChI=1S/C13H13BrIN3/c1-3-12-17-11(14)7-13(18-12)16-10-6-4-5-9(15)8(10)2/h4-7H,3H2,1-2H3,(H,16,17,18). The van der Waals surface area contributed by atoms with Crippen molar-refractivity contribution < 1.29 is 0 Å². The molecule has 0 spiro atoms. The Morgan fingerprint density at radius 2 is 2.11 bits per heavy atom. The van der Waals surface area contributed by atoms with Gasteiger partial charge in [-0.3, -0.25) is 0 Å². The molecule has 0 amide bonds. The van der Waals surface area contributed by atoms with Crippen LogP contribution in [0.5, 0.6) is 0 Å². The summed E-state index contributed by atoms with van der Waals surface area (Å²) >= 11 is 5.74. The molecule has 1 heterocycles. The van der Waals surface area contributed by atoms with Crippen LogP contribution in [0.4, 0.5) is 11.5 Å². The lowest BCUT2D eigenvalue weighted by molar-refractivity contribution is 0.931. The van der Waals surface area contributed by atoms with E-state index in [0.717, 1.165) is 28.4 Å². The molecule has 2 rings (SSSR count). The molecular formula is C13H13BrIN3. The predicted octanol–water partition coefficient (Wildman–Crippen LogP) is 4.46. The van der Waals surface area contributed by atoms with E-state index < -0.39 is 0 Å². The fourth-order valence-electron chi connectivity index (χ4n) is 1.57. The number of anilines is 2. The number of hydrogen-bond donors (Lipinski definition) is 1. The molecule has 0 radical (unpaired) electrons. The van der Waals surface area contributed by atoms with E-state index >= 15 is 0 Å². The number of benzene rings is 1. The second-order valence-electron chi connectivity index (χ2n) is 3.88. The van der Waals surface area contributed by atoms with E-state index in [9.17, 15) is 0 Å². The Morgan fingerprint density at radius 3 is 2.83 bits per heavy atom. The van der Waals surface area contributed by atoms with Crippen molar-refractivity contribution in [1.29, 1.82) is 0 Å². The highest BCUT2D eigenvalue weighted by atomic mass is 127. The minimum absolute atomic E-state index is 0.806. The Morgan fingerprint density at radius 1 is 1.33 bits per heavy atom. The summed E-state index contributed by atoms with van der Waals surface area (Å²) in [5, 5.41) is 3.34. The second-order valence-corrected chi connectivity index (χ2v) is 5.86. The van der Waals surface area contributed by atoms with Gasteiger partial charge in [-0.15, -0.1) is 0 Å². The van der Waals surface area contributed by atoms with Crippen molar-refractivity contribution in [2.75, 3.05) is 5.32 Å². The summed E-state index contributed by atoms with van der Waals surface area (Å²) in [4.78, 5) is 8.76. The quantitative estimate of drug-likeness (QED) is 0.591. The molecule has 1 aromatic heterocycles. The molecular weight excluding hydrogens is 405 g/mol. The molecule has 0 aliphatic heterocycles. The molecule has 0 bridgehead atoms. The van der Waals surface area contributed by atoms with Crippen LogP contribution < -0.4 is 5.32 Å². The lowest BCUT2D eigenvalue weighted by atomic mass is 10.2. The molecule has 0 aliphatic carbocycles. The van der Waals surface area contributed by atoms with E-state index in [1.54, 1.807) is 0 Å². The molecule has 0 aliphatic rings. The summed E-state index contributed by atoms with van der Waals surface area (Å²) in [5.74, 6) is 1.65. The smallest absolute Gasteiger partial charge is 0.135 e. The number of hydrogen-bond acceptors (Lipinski definition) is 3. The SMILES string of the molecule is CCc1nc(Br)cc(Nc2cccc(I)c2C)n1. The van der Waals surface area contributed by atoms with Crippen LogP contribution in [0, 0.1) is 10.5 Å². The van der Waals surface area contributed by atoms with Crippen molar-refractivity contribution in [3.63, 3.8) is 0 Å². The third-order valence-corrected chi connectivity index (χ3v) is 4.16. The van der Waals surface area contributed by atoms with Gasteiger partial charge in [-0.1, -0.05) is 13.0 Å². The lowest BCUT2D eigenvalue weighted by Gasteiger charge is -2.11. The summed E-state index contributed by atoms with van der Waals surface area (Å²) in [6.45, 7) is 4.14. The maximum Gasteiger partial charge on any atom is 0.135 e. The summed E-state index contributed by atoms with van der Waals surface area (Å²) in [6, 6.07) is 8.07. The average Bonchev–Trinajstić information content (AvgIpc) is 2.34. The maximum atomic E-state index is 4.46. The molecule has 3 nitrogen and oxygen atoms in total. The van der Waals surface area contributed by atoms with E-state index in [2.05, 4.69) is 72.9 Å². The number of nitrogens with one attached hydrogen (secondary N) is 1. The van der Waals surface area contributed by atoms with E-state index in [-0.39, 0.29) is 0 Å². The first-order chi connectivity index (χ1) is 8.60. The van der Waals surface area contributed by atoms with E-state index in [0.29, 0.717) is 0 Å². The zero-order valence-electron chi connectivity index (χ0n) is 10.2. The van der Waals surface area contributed by atoms with Crippen LogP contribution in [0.2, 0.25) is 0 Å². The van der Waals surface area contributed by atoms with Crippen LogP contribution >= 0.6 is 38.5 Å². The monoisotopic (exact) mass is 417 g/mol. The highest BCUT2D eigenvalue weighted by Gasteiger charge is 2.05. The van der Waals surface area contributed by atoms with Gasteiger partial charge in [0, 0.05) is 21.7 Å². The van der Waals surface area contributed by atoms with Gasteiger partial charge in [0.1, 0.15) is 16.2 Å². The van der Waals surface area contributed by atoms with Crippen LogP contribution in [-0.2, 0) is 6.42 Å². The van der Waals surface area contributed by atoms with Crippen molar-refractivity contribution in [3.05, 3.63) is 43.8 Å². The Labute approximate surface area is 129 Å². The van der Waals surface area contributed by atoms with Crippen LogP contribution in [0.1, 0.15) is 18.3 Å². The van der Waals surface area contributed by atoms with Gasteiger partial charge in [-0.25, -0.2) is 9.97 Å². The lowest BCUT2D eigenvalue weighted by Crippen LogP contribution is -2.01. The predicted molar refractivity (Wildman–Crippen MR) is 86.3 cm³/mol. The molecule has 0 fully saturated rings. The minimum atomic E-state index is 0.806. The minimum Gasteiger partial charge on any atom is -0.340 e. The molecule has 5 heteroatoms. The van der Waals surface area contributed by atoms with Crippen LogP contribution in [0.15, 0.2) is 28.9 Å². The third-order valence-electron chi connectivity index (χ3n) is 2.59. The van der Waals surface area contributed by atoms with Crippen LogP contribution in [0.25, 0.3) is 0 Å². The van der Waals surface area contributed by atoms with Crippen molar-refractivity contribution >= 4 is 50.0 Å². The number of nitrogens with zero attached hydrogens (tertiary/aromatic N) is 2. The third kappa shape index (κ3) is 3.20. The van der Waals surface area contributed by atoms with E-state index in [4.69, 9.17) is 0 Å². The molecule has 18 heavy (non-hydrogen) atoms. The van der Waals surface area contributed by atoms with Gasteiger partial charge in [0.2, 0.25) is 0 Å². The zero-order valence-corrected chi connectivity index (χ0v) is 13.9. The Kier molecular flexibility index (Phi) is 4.55. The second kappa shape index (κ2) is 5.97. The summed E-state index contributed by atoms with van der Waals surface area (Å²) in [5.41, 5.74) is 2.31. The summed E-state index contributed by atoms with van der Waals surface area (Å²) in [6.07, 6.45) is 0.819. The number of rotatable bonds is 3. The molecule has 2 aromatic rings. The van der Waals surface area contributed by atoms with Gasteiger partial charge < -0.3 is 5.32 Å². The fraction of sp³-hybridized carbons (Fsp3) is 0.231. The molecule has 94 valence electrons. The number of halogens is 2. The molecule has 0 unspecified atom stereocenters. The summed E-state index contributed by atoms with van der Waals surface area (Å²) < 4.78 is 2.04. The molecule has 1 aromatic carbocycles. The van der Waals surface area contributed by atoms with Gasteiger partial charge in [0.15, 0.2) is 0 Å². The average molecular weight is 418 g/mol. The Bertz CT molecular complexity index is 572. The number of aromatic nitrogens is 2. The molecule has 0 saturated carbocycles. The van der Waals surface area contributed by atoms with Gasteiger partial charge >= 0.3 is 0 Å². The molecule has 0 atom stereocenters. The maximum absolute atomic E-state index is 4.46. The highest BCUT2D eigenvalue weighted by molar-refractivity contribution is 14.1. The fourth-order valence-corrected chi connectivity index (χ4v) is 2.49. The zero-order chi connectivity index (χ0) is 13.1. The van der Waals surface area contributed by atoms with Crippen molar-refractivity contribution in [2.24, 2.45) is 0 Å². The van der Waals surface area contributed by atoms with Gasteiger partial charge in [-0.2, -0.15) is 0 Å². The largest absolute Gasteiger partial charge is 0.340 e. The first-order valence-corrected chi connectivity index (χ1v) is 7.53. The normalized spacial score (nSPS) is 10.4. The van der Waals surface area contributed by atoms with Gasteiger partial charge in [0.05, 0.1) is 0 Å². The van der Waals surface area contributed by atoms with Crippen molar-refractivity contribution in [2.45, 2.75) is 20.3 Å². The van der Waals surface area contributed by atoms with Crippen LogP contribution in [0.3, 0.4) is 0 Å². The highest BCUT2D eigenvalue weighted by Crippen LogP contribution is 2.24.